The molecule has 2 atom stereocenters. The number of hydrogen-bond donors (Lipinski definition) is 1. The van der Waals surface area contributed by atoms with Gasteiger partial charge in [0.05, 0.1) is 6.61 Å². The average molecular weight is 370 g/mol. The van der Waals surface area contributed by atoms with Crippen LogP contribution in [0.4, 0.5) is 0 Å². The van der Waals surface area contributed by atoms with Crippen LogP contribution in [-0.4, -0.2) is 12.0 Å². The molecule has 0 aliphatic rings. The Bertz CT molecular complexity index is 698. The minimum atomic E-state index is -4.09. The summed E-state index contributed by atoms with van der Waals surface area (Å²) in [5, 5.41) is 0. The molecule has 6 nitrogen and oxygen atoms in total. The van der Waals surface area contributed by atoms with Gasteiger partial charge in [0.2, 0.25) is 0 Å². The van der Waals surface area contributed by atoms with Gasteiger partial charge in [-0.2, -0.15) is 5.48 Å². The molecule has 0 aliphatic heterocycles. The standard InChI is InChI=1S/C16H17ClNO5P/c1-13(18-21-12-14-8-4-2-5-9-14)16(19)23-24(17,20)22-15-10-6-3-7-11-15/h2-11,13,18H,12H2,1H3/t13-,24?/m1/s1. The lowest BCUT2D eigenvalue weighted by Crippen LogP contribution is -2.34. The fourth-order valence-corrected chi connectivity index (χ4v) is 2.91. The van der Waals surface area contributed by atoms with Gasteiger partial charge in [-0.1, -0.05) is 48.5 Å². The molecule has 0 amide bonds. The first-order valence-electron chi connectivity index (χ1n) is 7.15. The Morgan fingerprint density at radius 1 is 1.12 bits per heavy atom. The van der Waals surface area contributed by atoms with E-state index in [2.05, 4.69) is 5.48 Å². The van der Waals surface area contributed by atoms with Crippen molar-refractivity contribution in [2.45, 2.75) is 19.6 Å². The van der Waals surface area contributed by atoms with Crippen molar-refractivity contribution >= 4 is 24.2 Å². The van der Waals surface area contributed by atoms with Crippen LogP contribution in [0.15, 0.2) is 60.7 Å². The Hall–Kier alpha value is -1.85. The zero-order chi connectivity index (χ0) is 17.4. The monoisotopic (exact) mass is 369 g/mol. The molecule has 0 radical (unpaired) electrons. The molecule has 0 bridgehead atoms. The summed E-state index contributed by atoms with van der Waals surface area (Å²) < 4.78 is 21.8. The summed E-state index contributed by atoms with van der Waals surface area (Å²) in [7, 11) is 0. The first-order valence-corrected chi connectivity index (χ1v) is 9.60. The highest BCUT2D eigenvalue weighted by atomic mass is 35.7. The van der Waals surface area contributed by atoms with E-state index in [1.165, 1.54) is 6.92 Å². The van der Waals surface area contributed by atoms with Gasteiger partial charge in [0.25, 0.3) is 0 Å². The lowest BCUT2D eigenvalue weighted by atomic mass is 10.2. The molecule has 2 aromatic carbocycles. The van der Waals surface area contributed by atoms with Crippen molar-refractivity contribution in [3.63, 3.8) is 0 Å². The van der Waals surface area contributed by atoms with Gasteiger partial charge in [-0.05, 0) is 24.6 Å². The summed E-state index contributed by atoms with van der Waals surface area (Å²) in [4.78, 5) is 17.1. The second-order valence-electron chi connectivity index (χ2n) is 4.86. The molecule has 0 heterocycles. The van der Waals surface area contributed by atoms with E-state index in [0.29, 0.717) is 0 Å². The lowest BCUT2D eigenvalue weighted by molar-refractivity contribution is -0.141. The molecule has 128 valence electrons. The van der Waals surface area contributed by atoms with Gasteiger partial charge in [-0.25, -0.2) is 9.36 Å². The van der Waals surface area contributed by atoms with Crippen LogP contribution in [0.2, 0.25) is 0 Å². The third-order valence-corrected chi connectivity index (χ3v) is 4.09. The highest BCUT2D eigenvalue weighted by Gasteiger charge is 2.30. The van der Waals surface area contributed by atoms with Crippen molar-refractivity contribution in [3.05, 3.63) is 66.2 Å². The second kappa shape index (κ2) is 8.85. The number of carbonyl (C=O) groups is 1. The van der Waals surface area contributed by atoms with Crippen molar-refractivity contribution in [2.24, 2.45) is 0 Å². The Morgan fingerprint density at radius 2 is 1.71 bits per heavy atom. The van der Waals surface area contributed by atoms with Crippen LogP contribution in [0.25, 0.3) is 0 Å². The molecule has 0 saturated heterocycles. The van der Waals surface area contributed by atoms with Gasteiger partial charge in [-0.3, -0.25) is 4.84 Å². The third-order valence-electron chi connectivity index (χ3n) is 2.85. The molecule has 2 aromatic rings. The molecule has 0 aromatic heterocycles. The summed E-state index contributed by atoms with van der Waals surface area (Å²) in [5.74, 6) is -0.609. The maximum atomic E-state index is 12.0. The number of para-hydroxylation sites is 1. The van der Waals surface area contributed by atoms with E-state index < -0.39 is 19.0 Å². The quantitative estimate of drug-likeness (QED) is 0.558. The van der Waals surface area contributed by atoms with Crippen LogP contribution in [0, 0.1) is 0 Å². The van der Waals surface area contributed by atoms with Crippen LogP contribution in [-0.2, 0) is 25.3 Å². The highest BCUT2D eigenvalue weighted by molar-refractivity contribution is 7.82. The van der Waals surface area contributed by atoms with Crippen molar-refractivity contribution in [2.75, 3.05) is 0 Å². The van der Waals surface area contributed by atoms with Crippen LogP contribution in [0.1, 0.15) is 12.5 Å². The molecule has 0 saturated carbocycles. The van der Waals surface area contributed by atoms with Gasteiger partial charge in [0, 0.05) is 11.2 Å². The SMILES string of the molecule is C[C@@H](NOCc1ccccc1)C(=O)OP(=O)(Cl)Oc1ccccc1. The Kier molecular flexibility index (Phi) is 6.82. The number of hydroxylamine groups is 1. The smallest absolute Gasteiger partial charge is 0.405 e. The fraction of sp³-hybridized carbons (Fsp3) is 0.188. The molecule has 24 heavy (non-hydrogen) atoms. The second-order valence-corrected chi connectivity index (χ2v) is 7.33. The predicted molar refractivity (Wildman–Crippen MR) is 90.5 cm³/mol. The topological polar surface area (TPSA) is 73.9 Å². The lowest BCUT2D eigenvalue weighted by Gasteiger charge is -2.16. The molecule has 2 rings (SSSR count). The average Bonchev–Trinajstić information content (AvgIpc) is 2.55. The number of hydrogen-bond acceptors (Lipinski definition) is 6. The first-order chi connectivity index (χ1) is 11.5. The zero-order valence-electron chi connectivity index (χ0n) is 12.9. The van der Waals surface area contributed by atoms with Gasteiger partial charge in [-0.15, -0.1) is 0 Å². The van der Waals surface area contributed by atoms with Crippen molar-refractivity contribution in [1.29, 1.82) is 0 Å². The highest BCUT2D eigenvalue weighted by Crippen LogP contribution is 2.53. The van der Waals surface area contributed by atoms with E-state index in [9.17, 15) is 9.36 Å². The first kappa shape index (κ1) is 18.5. The minimum Gasteiger partial charge on any atom is -0.405 e. The van der Waals surface area contributed by atoms with E-state index in [4.69, 9.17) is 25.1 Å². The van der Waals surface area contributed by atoms with Crippen molar-refractivity contribution in [3.8, 4) is 5.75 Å². The van der Waals surface area contributed by atoms with Crippen LogP contribution < -0.4 is 10.0 Å². The molecule has 1 N–H and O–H groups in total. The molecular formula is C16H17ClNO5P. The Morgan fingerprint density at radius 3 is 2.33 bits per heavy atom. The van der Waals surface area contributed by atoms with Crippen molar-refractivity contribution < 1.29 is 23.2 Å². The number of carbonyl (C=O) groups excluding carboxylic acids is 1. The summed E-state index contributed by atoms with van der Waals surface area (Å²) in [6.07, 6.45) is 0. The maximum Gasteiger partial charge on any atom is 0.532 e. The van der Waals surface area contributed by atoms with Gasteiger partial charge in [0.1, 0.15) is 11.8 Å². The van der Waals surface area contributed by atoms with E-state index in [-0.39, 0.29) is 12.4 Å². The van der Waals surface area contributed by atoms with E-state index >= 15 is 0 Å². The zero-order valence-corrected chi connectivity index (χ0v) is 14.6. The number of benzene rings is 2. The Balaban J connectivity index is 1.79. The third kappa shape index (κ3) is 6.34. The van der Waals surface area contributed by atoms with E-state index in [1.807, 2.05) is 30.3 Å². The van der Waals surface area contributed by atoms with Crippen molar-refractivity contribution in [1.82, 2.24) is 5.48 Å². The maximum absolute atomic E-state index is 12.0. The predicted octanol–water partition coefficient (Wildman–Crippen LogP) is 4.07. The van der Waals surface area contributed by atoms with E-state index in [0.717, 1.165) is 5.56 Å². The molecule has 0 spiro atoms. The summed E-state index contributed by atoms with van der Waals surface area (Å²) in [6, 6.07) is 16.7. The molecule has 0 aliphatic carbocycles. The Labute approximate surface area is 145 Å². The van der Waals surface area contributed by atoms with Crippen LogP contribution >= 0.6 is 18.2 Å². The molecular weight excluding hydrogens is 353 g/mol. The van der Waals surface area contributed by atoms with Gasteiger partial charge < -0.3 is 9.05 Å². The molecule has 1 unspecified atom stereocenters. The van der Waals surface area contributed by atoms with Gasteiger partial charge in [0.15, 0.2) is 0 Å². The fourth-order valence-electron chi connectivity index (χ4n) is 1.68. The summed E-state index contributed by atoms with van der Waals surface area (Å²) in [6.45, 7) is -2.33. The summed E-state index contributed by atoms with van der Waals surface area (Å²) in [5.41, 5.74) is 3.44. The normalized spacial score (nSPS) is 14.4. The number of halogens is 1. The molecule has 0 fully saturated rings. The number of nitrogens with one attached hydrogen (secondary N) is 1. The van der Waals surface area contributed by atoms with Crippen LogP contribution in [0.3, 0.4) is 0 Å². The van der Waals surface area contributed by atoms with E-state index in [1.54, 1.807) is 30.3 Å². The number of rotatable bonds is 8. The largest absolute Gasteiger partial charge is 0.532 e. The molecule has 8 heteroatoms. The summed E-state index contributed by atoms with van der Waals surface area (Å²) >= 11 is 5.66. The van der Waals surface area contributed by atoms with Gasteiger partial charge >= 0.3 is 12.9 Å². The van der Waals surface area contributed by atoms with Crippen LogP contribution in [0.5, 0.6) is 5.75 Å². The minimum absolute atomic E-state index is 0.240.